The summed E-state index contributed by atoms with van der Waals surface area (Å²) in [4.78, 5) is 0. The molecule has 14 heavy (non-hydrogen) atoms. The highest BCUT2D eigenvalue weighted by atomic mass is 14.0. The molecular weight excluding hydrogens is 168 g/mol. The first kappa shape index (κ1) is 8.89. The molecule has 1 aliphatic carbocycles. The van der Waals surface area contributed by atoms with Gasteiger partial charge in [-0.25, -0.2) is 0 Å². The molecule has 2 rings (SSSR count). The van der Waals surface area contributed by atoms with Gasteiger partial charge in [0.05, 0.1) is 0 Å². The predicted octanol–water partition coefficient (Wildman–Crippen LogP) is 3.60. The molecule has 0 radical (unpaired) electrons. The lowest BCUT2D eigenvalue weighted by Gasteiger charge is -2.06. The van der Waals surface area contributed by atoms with E-state index in [1.807, 2.05) is 0 Å². The predicted molar refractivity (Wildman–Crippen MR) is 60.9 cm³/mol. The van der Waals surface area contributed by atoms with E-state index in [1.54, 1.807) is 0 Å². The molecule has 0 spiro atoms. The highest BCUT2D eigenvalue weighted by molar-refractivity contribution is 5.44. The van der Waals surface area contributed by atoms with Crippen molar-refractivity contribution in [1.29, 1.82) is 0 Å². The van der Waals surface area contributed by atoms with Crippen LogP contribution in [0.5, 0.6) is 0 Å². The van der Waals surface area contributed by atoms with E-state index in [-0.39, 0.29) is 0 Å². The molecule has 0 unspecified atom stereocenters. The summed E-state index contributed by atoms with van der Waals surface area (Å²) in [6.07, 6.45) is 12.6. The summed E-state index contributed by atoms with van der Waals surface area (Å²) >= 11 is 0. The molecule has 0 bridgehead atoms. The first-order chi connectivity index (χ1) is 6.84. The van der Waals surface area contributed by atoms with Crippen molar-refractivity contribution in [1.82, 2.24) is 0 Å². The zero-order chi connectivity index (χ0) is 9.80. The van der Waals surface area contributed by atoms with E-state index in [4.69, 9.17) is 0 Å². The Labute approximate surface area is 85.3 Å². The van der Waals surface area contributed by atoms with Crippen molar-refractivity contribution >= 4 is 0 Å². The average Bonchev–Trinajstić information content (AvgIpc) is 2.67. The van der Waals surface area contributed by atoms with Crippen LogP contribution < -0.4 is 0 Å². The molecule has 0 N–H and O–H groups in total. The molecule has 0 saturated carbocycles. The third-order valence-electron chi connectivity index (χ3n) is 2.20. The van der Waals surface area contributed by atoms with E-state index in [0.717, 1.165) is 0 Å². The zero-order valence-corrected chi connectivity index (χ0v) is 8.27. The Bertz CT molecular complexity index is 392. The van der Waals surface area contributed by atoms with Crippen LogP contribution in [0, 0.1) is 13.3 Å². The van der Waals surface area contributed by atoms with Crippen LogP contribution in [0.4, 0.5) is 0 Å². The first-order valence-electron chi connectivity index (χ1n) is 4.81. The summed E-state index contributed by atoms with van der Waals surface area (Å²) in [6.45, 7) is 2.11. The summed E-state index contributed by atoms with van der Waals surface area (Å²) in [5.41, 5.74) is 3.81. The number of aryl methyl sites for hydroxylation is 1. The normalized spacial score (nSPS) is 13.4. The molecule has 0 fully saturated rings. The van der Waals surface area contributed by atoms with Crippen molar-refractivity contribution in [3.8, 4) is 0 Å². The molecule has 0 heteroatoms. The SMILES string of the molecule is Cc1cccc([CH-]C=C2C=CC=C2)c1. The minimum atomic E-state index is 1.26. The second-order valence-corrected chi connectivity index (χ2v) is 3.47. The lowest BCUT2D eigenvalue weighted by Crippen LogP contribution is -1.80. The lowest BCUT2D eigenvalue weighted by atomic mass is 10.1. The fourth-order valence-corrected chi connectivity index (χ4v) is 1.47. The molecule has 1 aromatic carbocycles. The maximum absolute atomic E-state index is 2.18. The summed E-state index contributed by atoms with van der Waals surface area (Å²) in [7, 11) is 0. The van der Waals surface area contributed by atoms with Gasteiger partial charge in [0.1, 0.15) is 0 Å². The highest BCUT2D eigenvalue weighted by Crippen LogP contribution is 2.12. The van der Waals surface area contributed by atoms with E-state index in [9.17, 15) is 0 Å². The maximum Gasteiger partial charge on any atom is -0.0486 e. The number of hydrogen-bond donors (Lipinski definition) is 0. The molecular formula is C14H13-. The van der Waals surface area contributed by atoms with Crippen LogP contribution in [0.2, 0.25) is 0 Å². The van der Waals surface area contributed by atoms with Gasteiger partial charge >= 0.3 is 0 Å². The summed E-state index contributed by atoms with van der Waals surface area (Å²) in [6, 6.07) is 8.49. The largest absolute Gasteiger partial charge is 0.148 e. The van der Waals surface area contributed by atoms with Crippen LogP contribution in [-0.2, 0) is 0 Å². The van der Waals surface area contributed by atoms with Crippen molar-refractivity contribution in [2.75, 3.05) is 0 Å². The number of allylic oxidation sites excluding steroid dienone is 6. The van der Waals surface area contributed by atoms with Gasteiger partial charge in [-0.3, -0.25) is 0 Å². The van der Waals surface area contributed by atoms with Gasteiger partial charge in [0.15, 0.2) is 0 Å². The van der Waals surface area contributed by atoms with Crippen molar-refractivity contribution in [3.63, 3.8) is 0 Å². The molecule has 0 nitrogen and oxygen atoms in total. The summed E-state index contributed by atoms with van der Waals surface area (Å²) in [5, 5.41) is 0. The van der Waals surface area contributed by atoms with E-state index >= 15 is 0 Å². The van der Waals surface area contributed by atoms with E-state index in [0.29, 0.717) is 0 Å². The van der Waals surface area contributed by atoms with Crippen molar-refractivity contribution < 1.29 is 0 Å². The molecule has 0 atom stereocenters. The van der Waals surface area contributed by atoms with E-state index in [1.165, 1.54) is 16.7 Å². The molecule has 0 aromatic heterocycles. The van der Waals surface area contributed by atoms with Gasteiger partial charge in [0.25, 0.3) is 0 Å². The molecule has 0 aliphatic heterocycles. The van der Waals surface area contributed by atoms with Crippen LogP contribution in [-0.4, -0.2) is 0 Å². The molecule has 0 amide bonds. The molecule has 0 saturated heterocycles. The standard InChI is InChI=1S/C14H13/c1-12-5-4-8-14(11-12)10-9-13-6-2-3-7-13/h2-11H,1H3/q-1. The van der Waals surface area contributed by atoms with Gasteiger partial charge in [0.2, 0.25) is 0 Å². The Morgan fingerprint density at radius 1 is 1.14 bits per heavy atom. The second-order valence-electron chi connectivity index (χ2n) is 3.47. The fourth-order valence-electron chi connectivity index (χ4n) is 1.47. The van der Waals surface area contributed by atoms with Crippen molar-refractivity contribution in [3.05, 3.63) is 77.8 Å². The second kappa shape index (κ2) is 4.01. The topological polar surface area (TPSA) is 0 Å². The first-order valence-corrected chi connectivity index (χ1v) is 4.81. The van der Waals surface area contributed by atoms with E-state index < -0.39 is 0 Å². The smallest absolute Gasteiger partial charge is 0.0486 e. The maximum atomic E-state index is 2.18. The van der Waals surface area contributed by atoms with Crippen LogP contribution in [0.25, 0.3) is 0 Å². The number of hydrogen-bond acceptors (Lipinski definition) is 0. The number of benzene rings is 1. The molecule has 0 heterocycles. The fraction of sp³-hybridized carbons (Fsp3) is 0.0714. The summed E-state index contributed by atoms with van der Waals surface area (Å²) < 4.78 is 0. The third-order valence-corrected chi connectivity index (χ3v) is 2.20. The third kappa shape index (κ3) is 2.17. The average molecular weight is 181 g/mol. The molecule has 70 valence electrons. The van der Waals surface area contributed by atoms with Gasteiger partial charge in [-0.1, -0.05) is 41.5 Å². The van der Waals surface area contributed by atoms with Crippen molar-refractivity contribution in [2.45, 2.75) is 6.92 Å². The Hall–Kier alpha value is -1.69. The minimum Gasteiger partial charge on any atom is -0.148 e. The minimum absolute atomic E-state index is 1.26. The Morgan fingerprint density at radius 2 is 1.93 bits per heavy atom. The van der Waals surface area contributed by atoms with Gasteiger partial charge in [-0.2, -0.15) is 0 Å². The van der Waals surface area contributed by atoms with Crippen LogP contribution >= 0.6 is 0 Å². The Kier molecular flexibility index (Phi) is 2.55. The summed E-state index contributed by atoms with van der Waals surface area (Å²) in [5.74, 6) is 0. The molecule has 1 aliphatic rings. The molecule has 1 aromatic rings. The highest BCUT2D eigenvalue weighted by Gasteiger charge is 1.86. The van der Waals surface area contributed by atoms with Crippen LogP contribution in [0.15, 0.2) is 60.2 Å². The lowest BCUT2D eigenvalue weighted by molar-refractivity contribution is 1.41. The van der Waals surface area contributed by atoms with Crippen molar-refractivity contribution in [2.24, 2.45) is 0 Å². The zero-order valence-electron chi connectivity index (χ0n) is 8.27. The Morgan fingerprint density at radius 3 is 2.64 bits per heavy atom. The van der Waals surface area contributed by atoms with Gasteiger partial charge in [-0.05, 0) is 6.92 Å². The van der Waals surface area contributed by atoms with Gasteiger partial charge < -0.3 is 0 Å². The van der Waals surface area contributed by atoms with E-state index in [2.05, 4.69) is 68.0 Å². The van der Waals surface area contributed by atoms with Crippen LogP contribution in [0.3, 0.4) is 0 Å². The van der Waals surface area contributed by atoms with Crippen LogP contribution in [0.1, 0.15) is 11.1 Å². The Balaban J connectivity index is 2.08. The number of rotatable bonds is 2. The quantitative estimate of drug-likeness (QED) is 0.611. The van der Waals surface area contributed by atoms with Gasteiger partial charge in [-0.15, -0.1) is 36.3 Å². The van der Waals surface area contributed by atoms with Gasteiger partial charge in [0, 0.05) is 0 Å². The monoisotopic (exact) mass is 181 g/mol.